The van der Waals surface area contributed by atoms with Crippen molar-refractivity contribution >= 4 is 30.3 Å². The van der Waals surface area contributed by atoms with Gasteiger partial charge >= 0.3 is 0 Å². The standard InChI is InChI=1S/C22H28F2O2Si/c1-13(2)12-27(14(3)4,15(5)6)26-19-11-10-17-16-8-7-9-18(23)21(16)25-22(17)20(19)24/h7-11,13-15H,12H2,1-6H3. The fourth-order valence-electron chi connectivity index (χ4n) is 4.11. The van der Waals surface area contributed by atoms with E-state index in [1.165, 1.54) is 6.07 Å². The average Bonchev–Trinajstić information content (AvgIpc) is 2.96. The van der Waals surface area contributed by atoms with E-state index < -0.39 is 20.0 Å². The lowest BCUT2D eigenvalue weighted by molar-refractivity contribution is 0.443. The van der Waals surface area contributed by atoms with E-state index in [-0.39, 0.29) is 16.9 Å². The zero-order valence-electron chi connectivity index (χ0n) is 16.9. The molecule has 0 fully saturated rings. The normalized spacial score (nSPS) is 12.9. The number of hydrogen-bond acceptors (Lipinski definition) is 2. The zero-order chi connectivity index (χ0) is 19.9. The molecule has 1 heterocycles. The molecule has 0 radical (unpaired) electrons. The van der Waals surface area contributed by atoms with E-state index in [9.17, 15) is 4.39 Å². The highest BCUT2D eigenvalue weighted by Crippen LogP contribution is 2.42. The number of para-hydroxylation sites is 1. The Hall–Kier alpha value is -1.88. The lowest BCUT2D eigenvalue weighted by Crippen LogP contribution is -2.49. The SMILES string of the molecule is CC(C)C[Si](Oc1ccc2c(oc3c(F)cccc32)c1F)(C(C)C)C(C)C. The van der Waals surface area contributed by atoms with Crippen LogP contribution in [-0.2, 0) is 0 Å². The Balaban J connectivity index is 2.14. The summed E-state index contributed by atoms with van der Waals surface area (Å²) < 4.78 is 41.4. The lowest BCUT2D eigenvalue weighted by Gasteiger charge is -2.40. The van der Waals surface area contributed by atoms with Crippen molar-refractivity contribution in [1.29, 1.82) is 0 Å². The van der Waals surface area contributed by atoms with Crippen LogP contribution in [0.5, 0.6) is 5.75 Å². The minimum atomic E-state index is -2.28. The van der Waals surface area contributed by atoms with Crippen LogP contribution in [0.3, 0.4) is 0 Å². The highest BCUT2D eigenvalue weighted by molar-refractivity contribution is 6.77. The quantitative estimate of drug-likeness (QED) is 0.403. The number of benzene rings is 2. The van der Waals surface area contributed by atoms with Crippen molar-refractivity contribution < 1.29 is 17.6 Å². The van der Waals surface area contributed by atoms with Gasteiger partial charge in [-0.2, -0.15) is 4.39 Å². The maximum absolute atomic E-state index is 15.3. The Bertz CT molecular complexity index is 952. The van der Waals surface area contributed by atoms with Crippen LogP contribution in [0.25, 0.3) is 21.9 Å². The largest absolute Gasteiger partial charge is 0.541 e. The smallest absolute Gasteiger partial charge is 0.256 e. The van der Waals surface area contributed by atoms with E-state index in [4.69, 9.17) is 8.84 Å². The van der Waals surface area contributed by atoms with Crippen molar-refractivity contribution in [3.05, 3.63) is 42.0 Å². The summed E-state index contributed by atoms with van der Waals surface area (Å²) in [5.74, 6) is -0.339. The van der Waals surface area contributed by atoms with Crippen LogP contribution in [-0.4, -0.2) is 8.32 Å². The topological polar surface area (TPSA) is 22.4 Å². The van der Waals surface area contributed by atoms with Gasteiger partial charge in [-0.3, -0.25) is 0 Å². The molecular weight excluding hydrogens is 362 g/mol. The Morgan fingerprint density at radius 2 is 1.52 bits per heavy atom. The predicted octanol–water partition coefficient (Wildman–Crippen LogP) is 7.66. The number of fused-ring (bicyclic) bond motifs is 3. The Labute approximate surface area is 160 Å². The molecule has 0 amide bonds. The van der Waals surface area contributed by atoms with Crippen molar-refractivity contribution in [1.82, 2.24) is 0 Å². The number of halogens is 2. The molecule has 0 atom stereocenters. The molecule has 0 aliphatic heterocycles. The average molecular weight is 391 g/mol. The van der Waals surface area contributed by atoms with Gasteiger partial charge in [0.25, 0.3) is 8.32 Å². The molecular formula is C22H28F2O2Si. The van der Waals surface area contributed by atoms with Gasteiger partial charge in [-0.25, -0.2) is 4.39 Å². The van der Waals surface area contributed by atoms with Crippen LogP contribution in [0.15, 0.2) is 34.7 Å². The van der Waals surface area contributed by atoms with Crippen molar-refractivity contribution in [2.75, 3.05) is 0 Å². The summed E-state index contributed by atoms with van der Waals surface area (Å²) in [6, 6.07) is 9.06. The highest BCUT2D eigenvalue weighted by Gasteiger charge is 2.45. The summed E-state index contributed by atoms with van der Waals surface area (Å²) in [6.45, 7) is 13.0. The van der Waals surface area contributed by atoms with Gasteiger partial charge in [0, 0.05) is 10.8 Å². The van der Waals surface area contributed by atoms with E-state index in [0.29, 0.717) is 27.8 Å². The van der Waals surface area contributed by atoms with Gasteiger partial charge in [-0.15, -0.1) is 0 Å². The van der Waals surface area contributed by atoms with Crippen molar-refractivity contribution in [2.24, 2.45) is 5.92 Å². The summed E-state index contributed by atoms with van der Waals surface area (Å²) in [7, 11) is -2.28. The Kier molecular flexibility index (Phi) is 5.35. The Morgan fingerprint density at radius 3 is 2.11 bits per heavy atom. The number of rotatable bonds is 6. The summed E-state index contributed by atoms with van der Waals surface area (Å²) in [4.78, 5) is 0. The van der Waals surface area contributed by atoms with Gasteiger partial charge in [0.2, 0.25) is 5.82 Å². The van der Waals surface area contributed by atoms with Gasteiger partial charge in [0.1, 0.15) is 5.75 Å². The van der Waals surface area contributed by atoms with Crippen LogP contribution in [0.1, 0.15) is 41.5 Å². The third-order valence-corrected chi connectivity index (χ3v) is 11.5. The summed E-state index contributed by atoms with van der Waals surface area (Å²) in [6.07, 6.45) is 0. The summed E-state index contributed by atoms with van der Waals surface area (Å²) in [5, 5.41) is 1.15. The van der Waals surface area contributed by atoms with Gasteiger partial charge in [-0.05, 0) is 41.2 Å². The first-order chi connectivity index (χ1) is 12.7. The molecule has 0 spiro atoms. The third kappa shape index (κ3) is 3.38. The van der Waals surface area contributed by atoms with E-state index in [0.717, 1.165) is 6.04 Å². The second-order valence-electron chi connectivity index (χ2n) is 8.44. The molecule has 146 valence electrons. The molecule has 0 unspecified atom stereocenters. The minimum Gasteiger partial charge on any atom is -0.541 e. The molecule has 5 heteroatoms. The maximum Gasteiger partial charge on any atom is 0.256 e. The van der Waals surface area contributed by atoms with E-state index in [2.05, 4.69) is 41.5 Å². The molecule has 0 aliphatic rings. The zero-order valence-corrected chi connectivity index (χ0v) is 17.9. The van der Waals surface area contributed by atoms with Gasteiger partial charge in [0.15, 0.2) is 17.0 Å². The molecule has 2 nitrogen and oxygen atoms in total. The monoisotopic (exact) mass is 390 g/mol. The molecule has 2 aromatic carbocycles. The van der Waals surface area contributed by atoms with Crippen LogP contribution in [0, 0.1) is 17.6 Å². The second kappa shape index (κ2) is 7.27. The highest BCUT2D eigenvalue weighted by atomic mass is 28.4. The molecule has 1 aromatic heterocycles. The summed E-state index contributed by atoms with van der Waals surface area (Å²) >= 11 is 0. The van der Waals surface area contributed by atoms with E-state index in [1.807, 2.05) is 0 Å². The molecule has 0 N–H and O–H groups in total. The van der Waals surface area contributed by atoms with Gasteiger partial charge in [0.05, 0.1) is 0 Å². The molecule has 0 saturated carbocycles. The minimum absolute atomic E-state index is 0.0626. The van der Waals surface area contributed by atoms with Crippen LogP contribution < -0.4 is 4.43 Å². The molecule has 0 aliphatic carbocycles. The first-order valence-corrected chi connectivity index (χ1v) is 11.9. The van der Waals surface area contributed by atoms with Crippen LogP contribution in [0.4, 0.5) is 8.78 Å². The van der Waals surface area contributed by atoms with E-state index in [1.54, 1.807) is 24.3 Å². The van der Waals surface area contributed by atoms with E-state index >= 15 is 4.39 Å². The van der Waals surface area contributed by atoms with Crippen molar-refractivity contribution in [2.45, 2.75) is 58.7 Å². The number of furan rings is 1. The maximum atomic E-state index is 15.3. The molecule has 3 aromatic rings. The predicted molar refractivity (Wildman–Crippen MR) is 110 cm³/mol. The molecule has 0 saturated heterocycles. The third-order valence-electron chi connectivity index (χ3n) is 5.50. The fourth-order valence-corrected chi connectivity index (χ4v) is 8.79. The Morgan fingerprint density at radius 1 is 0.889 bits per heavy atom. The van der Waals surface area contributed by atoms with Crippen molar-refractivity contribution in [3.63, 3.8) is 0 Å². The van der Waals surface area contributed by atoms with Crippen LogP contribution in [0.2, 0.25) is 17.1 Å². The molecule has 27 heavy (non-hydrogen) atoms. The van der Waals surface area contributed by atoms with Gasteiger partial charge < -0.3 is 8.84 Å². The second-order valence-corrected chi connectivity index (χ2v) is 13.3. The first kappa shape index (κ1) is 19.9. The fraction of sp³-hybridized carbons (Fsp3) is 0.455. The molecule has 3 rings (SSSR count). The first-order valence-electron chi connectivity index (χ1n) is 9.65. The lowest BCUT2D eigenvalue weighted by atomic mass is 10.1. The van der Waals surface area contributed by atoms with Crippen molar-refractivity contribution in [3.8, 4) is 5.75 Å². The van der Waals surface area contributed by atoms with Gasteiger partial charge in [-0.1, -0.05) is 53.7 Å². The molecule has 0 bridgehead atoms. The van der Waals surface area contributed by atoms with Crippen LogP contribution >= 0.6 is 0 Å². The number of hydrogen-bond donors (Lipinski definition) is 0. The summed E-state index contributed by atoms with van der Waals surface area (Å²) in [5.41, 5.74) is 0.820.